The Balaban J connectivity index is 2.02. The van der Waals surface area contributed by atoms with E-state index in [4.69, 9.17) is 9.84 Å². The van der Waals surface area contributed by atoms with Gasteiger partial charge in [0.05, 0.1) is 13.0 Å². The number of benzene rings is 1. The molecule has 2 N–H and O–H groups in total. The molecule has 1 aromatic carbocycles. The van der Waals surface area contributed by atoms with E-state index in [0.29, 0.717) is 16.7 Å². The van der Waals surface area contributed by atoms with Crippen LogP contribution in [0.2, 0.25) is 0 Å². The van der Waals surface area contributed by atoms with Gasteiger partial charge < -0.3 is 14.7 Å². The number of anilines is 1. The summed E-state index contributed by atoms with van der Waals surface area (Å²) in [7, 11) is 3.10. The molecule has 0 aliphatic rings. The van der Waals surface area contributed by atoms with Crippen LogP contribution in [0.25, 0.3) is 11.4 Å². The van der Waals surface area contributed by atoms with Gasteiger partial charge in [-0.15, -0.1) is 0 Å². The van der Waals surface area contributed by atoms with Crippen molar-refractivity contribution in [1.29, 1.82) is 0 Å². The molecule has 1 heterocycles. The first-order valence-corrected chi connectivity index (χ1v) is 7.91. The predicted octanol–water partition coefficient (Wildman–Crippen LogP) is 2.40. The van der Waals surface area contributed by atoms with Crippen molar-refractivity contribution in [3.05, 3.63) is 24.3 Å². The smallest absolute Gasteiger partial charge is 0.323 e. The van der Waals surface area contributed by atoms with Gasteiger partial charge in [0, 0.05) is 30.7 Å². The van der Waals surface area contributed by atoms with Crippen LogP contribution in [0.5, 0.6) is 5.75 Å². The Bertz CT molecular complexity index is 734. The van der Waals surface area contributed by atoms with Crippen LogP contribution in [0.1, 0.15) is 6.92 Å². The molecule has 0 saturated carbocycles. The summed E-state index contributed by atoms with van der Waals surface area (Å²) in [5.41, 5.74) is 0.777. The molecule has 0 saturated heterocycles. The lowest BCUT2D eigenvalue weighted by Gasteiger charge is -2.18. The first-order chi connectivity index (χ1) is 11.4. The topological polar surface area (TPSA) is 105 Å². The highest BCUT2D eigenvalue weighted by molar-refractivity contribution is 7.10. The van der Waals surface area contributed by atoms with Gasteiger partial charge in [0.1, 0.15) is 5.75 Å². The second kappa shape index (κ2) is 7.73. The molecular weight excluding hydrogens is 332 g/mol. The van der Waals surface area contributed by atoms with Crippen molar-refractivity contribution in [3.8, 4) is 17.1 Å². The number of nitrogens with zero attached hydrogens (tertiary/aromatic N) is 3. The summed E-state index contributed by atoms with van der Waals surface area (Å²) in [5, 5.41) is 11.8. The lowest BCUT2D eigenvalue weighted by molar-refractivity contribution is -0.141. The summed E-state index contributed by atoms with van der Waals surface area (Å²) in [4.78, 5) is 28.5. The van der Waals surface area contributed by atoms with Gasteiger partial charge in [-0.1, -0.05) is 19.1 Å². The van der Waals surface area contributed by atoms with Crippen LogP contribution in [-0.4, -0.2) is 52.1 Å². The SMILES string of the molecule is COc1cccc(-c2nsc(NC(=O)N(C)CC(C)C(=O)O)n2)c1. The average Bonchev–Trinajstić information content (AvgIpc) is 3.03. The lowest BCUT2D eigenvalue weighted by atomic mass is 10.2. The van der Waals surface area contributed by atoms with Crippen molar-refractivity contribution in [2.45, 2.75) is 6.92 Å². The van der Waals surface area contributed by atoms with E-state index in [9.17, 15) is 9.59 Å². The van der Waals surface area contributed by atoms with Crippen molar-refractivity contribution in [1.82, 2.24) is 14.3 Å². The Morgan fingerprint density at radius 3 is 2.88 bits per heavy atom. The van der Waals surface area contributed by atoms with Crippen LogP contribution in [0.15, 0.2) is 24.3 Å². The van der Waals surface area contributed by atoms with Gasteiger partial charge in [-0.3, -0.25) is 10.1 Å². The van der Waals surface area contributed by atoms with Crippen molar-refractivity contribution in [2.24, 2.45) is 5.92 Å². The molecule has 0 radical (unpaired) electrons. The number of aromatic nitrogens is 2. The minimum absolute atomic E-state index is 0.0999. The zero-order chi connectivity index (χ0) is 17.7. The van der Waals surface area contributed by atoms with Gasteiger partial charge in [0.15, 0.2) is 5.82 Å². The van der Waals surface area contributed by atoms with Crippen LogP contribution in [0, 0.1) is 5.92 Å². The molecular formula is C15H18N4O4S. The van der Waals surface area contributed by atoms with Crippen LogP contribution in [0.3, 0.4) is 0 Å². The van der Waals surface area contributed by atoms with E-state index in [1.165, 1.54) is 18.9 Å². The third-order valence-corrected chi connectivity index (χ3v) is 3.91. The van der Waals surface area contributed by atoms with E-state index in [-0.39, 0.29) is 6.54 Å². The third kappa shape index (κ3) is 4.42. The summed E-state index contributed by atoms with van der Waals surface area (Å²) in [6.07, 6.45) is 0. The molecule has 1 unspecified atom stereocenters. The number of hydrogen-bond acceptors (Lipinski definition) is 6. The predicted molar refractivity (Wildman–Crippen MR) is 90.3 cm³/mol. The third-order valence-electron chi connectivity index (χ3n) is 3.28. The number of methoxy groups -OCH3 is 1. The fourth-order valence-electron chi connectivity index (χ4n) is 1.91. The van der Waals surface area contributed by atoms with Gasteiger partial charge >= 0.3 is 12.0 Å². The highest BCUT2D eigenvalue weighted by Crippen LogP contribution is 2.24. The first kappa shape index (κ1) is 17.7. The Hall–Kier alpha value is -2.68. The number of amides is 2. The lowest BCUT2D eigenvalue weighted by Crippen LogP contribution is -2.36. The number of ether oxygens (including phenoxy) is 1. The summed E-state index contributed by atoms with van der Waals surface area (Å²) >= 11 is 1.05. The number of hydrogen-bond donors (Lipinski definition) is 2. The van der Waals surface area contributed by atoms with Crippen LogP contribution in [-0.2, 0) is 4.79 Å². The van der Waals surface area contributed by atoms with Crippen molar-refractivity contribution < 1.29 is 19.4 Å². The molecule has 1 aromatic heterocycles. The van der Waals surface area contributed by atoms with E-state index in [2.05, 4.69) is 14.7 Å². The van der Waals surface area contributed by atoms with E-state index in [1.807, 2.05) is 18.2 Å². The summed E-state index contributed by atoms with van der Waals surface area (Å²) in [6, 6.07) is 6.85. The quantitative estimate of drug-likeness (QED) is 0.829. The molecule has 2 rings (SSSR count). The standard InChI is InChI=1S/C15H18N4O4S/c1-9(13(20)21)8-19(2)15(22)17-14-16-12(18-24-14)10-5-4-6-11(7-10)23-3/h4-7,9H,8H2,1-3H3,(H,20,21)(H,16,17,18,22). The molecule has 128 valence electrons. The van der Waals surface area contributed by atoms with Crippen molar-refractivity contribution in [2.75, 3.05) is 26.0 Å². The van der Waals surface area contributed by atoms with Crippen LogP contribution in [0.4, 0.5) is 9.93 Å². The van der Waals surface area contributed by atoms with Crippen LogP contribution < -0.4 is 10.1 Å². The van der Waals surface area contributed by atoms with E-state index < -0.39 is 17.9 Å². The maximum absolute atomic E-state index is 12.1. The first-order valence-electron chi connectivity index (χ1n) is 7.13. The van der Waals surface area contributed by atoms with Crippen molar-refractivity contribution in [3.63, 3.8) is 0 Å². The Morgan fingerprint density at radius 1 is 1.46 bits per heavy atom. The molecule has 8 nitrogen and oxygen atoms in total. The molecule has 2 amide bonds. The minimum atomic E-state index is -0.953. The molecule has 0 aliphatic carbocycles. The normalized spacial score (nSPS) is 11.6. The highest BCUT2D eigenvalue weighted by atomic mass is 32.1. The van der Waals surface area contributed by atoms with Gasteiger partial charge in [-0.05, 0) is 12.1 Å². The summed E-state index contributed by atoms with van der Waals surface area (Å²) in [5.74, 6) is -0.431. The molecule has 24 heavy (non-hydrogen) atoms. The fraction of sp³-hybridized carbons (Fsp3) is 0.333. The molecule has 9 heteroatoms. The van der Waals surface area contributed by atoms with Crippen molar-refractivity contribution >= 4 is 28.7 Å². The zero-order valence-corrected chi connectivity index (χ0v) is 14.3. The molecule has 1 atom stereocenters. The molecule has 0 fully saturated rings. The second-order valence-electron chi connectivity index (χ2n) is 5.21. The fourth-order valence-corrected chi connectivity index (χ4v) is 2.49. The van der Waals surface area contributed by atoms with E-state index >= 15 is 0 Å². The molecule has 0 aliphatic heterocycles. The number of carboxylic acid groups (broad SMARTS) is 1. The number of rotatable bonds is 6. The minimum Gasteiger partial charge on any atom is -0.497 e. The van der Waals surface area contributed by atoms with Gasteiger partial charge in [0.25, 0.3) is 0 Å². The molecule has 2 aromatic rings. The Morgan fingerprint density at radius 2 is 2.21 bits per heavy atom. The van der Waals surface area contributed by atoms with E-state index in [1.54, 1.807) is 13.2 Å². The van der Waals surface area contributed by atoms with Gasteiger partial charge in [-0.2, -0.15) is 9.36 Å². The average molecular weight is 350 g/mol. The van der Waals surface area contributed by atoms with Gasteiger partial charge in [-0.25, -0.2) is 4.79 Å². The molecule has 0 spiro atoms. The highest BCUT2D eigenvalue weighted by Gasteiger charge is 2.18. The monoisotopic (exact) mass is 350 g/mol. The number of nitrogens with one attached hydrogen (secondary N) is 1. The number of urea groups is 1. The number of carbonyl (C=O) groups is 2. The number of carbonyl (C=O) groups excluding carboxylic acids is 1. The van der Waals surface area contributed by atoms with Crippen LogP contribution >= 0.6 is 11.5 Å². The number of aliphatic carboxylic acids is 1. The molecule has 0 bridgehead atoms. The second-order valence-corrected chi connectivity index (χ2v) is 5.96. The largest absolute Gasteiger partial charge is 0.497 e. The summed E-state index contributed by atoms with van der Waals surface area (Å²) in [6.45, 7) is 1.64. The Labute approximate surface area is 143 Å². The maximum Gasteiger partial charge on any atom is 0.323 e. The maximum atomic E-state index is 12.1. The van der Waals surface area contributed by atoms with E-state index in [0.717, 1.165) is 17.1 Å². The number of carboxylic acids is 1. The zero-order valence-electron chi connectivity index (χ0n) is 13.5. The van der Waals surface area contributed by atoms with Gasteiger partial charge in [0.2, 0.25) is 5.13 Å². The summed E-state index contributed by atoms with van der Waals surface area (Å²) < 4.78 is 9.37. The Kier molecular flexibility index (Phi) is 5.69.